The van der Waals surface area contributed by atoms with Crippen LogP contribution in [0.2, 0.25) is 0 Å². The third kappa shape index (κ3) is 3.14. The van der Waals surface area contributed by atoms with Crippen LogP contribution in [0.5, 0.6) is 0 Å². The van der Waals surface area contributed by atoms with Crippen LogP contribution in [-0.2, 0) is 0 Å². The number of rotatable bonds is 2. The average Bonchev–Trinajstić information content (AvgIpc) is 2.57. The fourth-order valence-electron chi connectivity index (χ4n) is 2.32. The van der Waals surface area contributed by atoms with E-state index < -0.39 is 0 Å². The van der Waals surface area contributed by atoms with Gasteiger partial charge in [-0.2, -0.15) is 0 Å². The fraction of sp³-hybridized carbons (Fsp3) is 0.615. The molecule has 2 nitrogen and oxygen atoms in total. The molecule has 1 fully saturated rings. The molecular weight excluding hydrogens is 300 g/mol. The maximum Gasteiger partial charge on any atom is 0.129 e. The van der Waals surface area contributed by atoms with E-state index in [2.05, 4.69) is 38.8 Å². The fourth-order valence-corrected chi connectivity index (χ4v) is 2.86. The van der Waals surface area contributed by atoms with E-state index in [1.807, 2.05) is 6.20 Å². The van der Waals surface area contributed by atoms with Crippen LogP contribution in [0.3, 0.4) is 0 Å². The summed E-state index contributed by atoms with van der Waals surface area (Å²) in [5.41, 5.74) is 1.23. The van der Waals surface area contributed by atoms with E-state index in [0.717, 1.165) is 16.8 Å². The van der Waals surface area contributed by atoms with Gasteiger partial charge in [0.1, 0.15) is 5.82 Å². The van der Waals surface area contributed by atoms with Crippen LogP contribution in [0.15, 0.2) is 16.7 Å². The zero-order valence-electron chi connectivity index (χ0n) is 10.1. The minimum absolute atomic E-state index is 0.437. The number of aryl methyl sites for hydroxylation is 1. The normalized spacial score (nSPS) is 21.4. The van der Waals surface area contributed by atoms with Crippen molar-refractivity contribution < 1.29 is 0 Å². The Morgan fingerprint density at radius 2 is 2.29 bits per heavy atom. The van der Waals surface area contributed by atoms with E-state index in [0.29, 0.717) is 11.9 Å². The highest BCUT2D eigenvalue weighted by Gasteiger charge is 2.21. The maximum atomic E-state index is 6.09. The van der Waals surface area contributed by atoms with Crippen molar-refractivity contribution in [2.24, 2.45) is 0 Å². The summed E-state index contributed by atoms with van der Waals surface area (Å²) < 4.78 is 1.07. The molecule has 1 atom stereocenters. The molecule has 0 radical (unpaired) electrons. The number of hydrogen-bond acceptors (Lipinski definition) is 2. The molecule has 17 heavy (non-hydrogen) atoms. The van der Waals surface area contributed by atoms with Gasteiger partial charge in [-0.15, -0.1) is 11.6 Å². The van der Waals surface area contributed by atoms with E-state index >= 15 is 0 Å². The highest BCUT2D eigenvalue weighted by atomic mass is 79.9. The Morgan fingerprint density at radius 1 is 1.47 bits per heavy atom. The van der Waals surface area contributed by atoms with Gasteiger partial charge in [-0.3, -0.25) is 0 Å². The van der Waals surface area contributed by atoms with E-state index in [9.17, 15) is 0 Å². The molecule has 0 saturated carbocycles. The molecular formula is C13H18BrClN2. The van der Waals surface area contributed by atoms with Crippen LogP contribution in [0.1, 0.15) is 31.2 Å². The van der Waals surface area contributed by atoms with Gasteiger partial charge in [0.2, 0.25) is 0 Å². The summed E-state index contributed by atoms with van der Waals surface area (Å²) in [6.07, 6.45) is 6.90. The molecule has 0 amide bonds. The Morgan fingerprint density at radius 3 is 3.00 bits per heavy atom. The number of pyridine rings is 1. The van der Waals surface area contributed by atoms with Crippen LogP contribution in [-0.4, -0.2) is 23.5 Å². The topological polar surface area (TPSA) is 16.1 Å². The summed E-state index contributed by atoms with van der Waals surface area (Å²) in [6, 6.07) is 2.59. The highest BCUT2D eigenvalue weighted by Crippen LogP contribution is 2.26. The summed E-state index contributed by atoms with van der Waals surface area (Å²) in [5, 5.41) is 0. The maximum absolute atomic E-state index is 6.09. The van der Waals surface area contributed by atoms with Crippen LogP contribution >= 0.6 is 27.5 Å². The highest BCUT2D eigenvalue weighted by molar-refractivity contribution is 9.10. The molecule has 4 heteroatoms. The van der Waals surface area contributed by atoms with Crippen molar-refractivity contribution in [3.8, 4) is 0 Å². The van der Waals surface area contributed by atoms with Crippen molar-refractivity contribution >= 4 is 33.3 Å². The monoisotopic (exact) mass is 316 g/mol. The number of alkyl halides is 1. The molecule has 0 N–H and O–H groups in total. The summed E-state index contributed by atoms with van der Waals surface area (Å²) in [6.45, 7) is 3.17. The molecule has 1 aromatic rings. The van der Waals surface area contributed by atoms with Gasteiger partial charge in [-0.1, -0.05) is 12.8 Å². The molecule has 1 aliphatic heterocycles. The second kappa shape index (κ2) is 6.05. The molecule has 2 heterocycles. The molecule has 0 aromatic carbocycles. The first-order valence-corrected chi connectivity index (χ1v) is 7.50. The van der Waals surface area contributed by atoms with Gasteiger partial charge in [-0.05, 0) is 47.3 Å². The van der Waals surface area contributed by atoms with Gasteiger partial charge in [0.15, 0.2) is 0 Å². The number of aromatic nitrogens is 1. The molecule has 2 rings (SSSR count). The van der Waals surface area contributed by atoms with Gasteiger partial charge in [-0.25, -0.2) is 4.98 Å². The predicted octanol–water partition coefficient (Wildman–Crippen LogP) is 4.14. The number of anilines is 1. The third-order valence-corrected chi connectivity index (χ3v) is 4.57. The standard InChI is InChI=1S/C13H18BrClN2/c1-10-7-13(16-9-12(10)14)17-6-4-2-3-5-11(17)8-15/h7,9,11H,2-6,8H2,1H3. The number of halogens is 2. The summed E-state index contributed by atoms with van der Waals surface area (Å²) in [5.74, 6) is 1.76. The first-order valence-electron chi connectivity index (χ1n) is 6.17. The SMILES string of the molecule is Cc1cc(N2CCCCCC2CCl)ncc1Br. The number of nitrogens with zero attached hydrogens (tertiary/aromatic N) is 2. The van der Waals surface area contributed by atoms with E-state index in [1.54, 1.807) is 0 Å². The summed E-state index contributed by atoms with van der Waals surface area (Å²) in [7, 11) is 0. The van der Waals surface area contributed by atoms with Crippen LogP contribution in [0.4, 0.5) is 5.82 Å². The summed E-state index contributed by atoms with van der Waals surface area (Å²) >= 11 is 9.58. The van der Waals surface area contributed by atoms with Gasteiger partial charge < -0.3 is 4.90 Å². The van der Waals surface area contributed by atoms with Gasteiger partial charge in [0.05, 0.1) is 0 Å². The Kier molecular flexibility index (Phi) is 4.69. The van der Waals surface area contributed by atoms with Crippen molar-refractivity contribution in [1.82, 2.24) is 4.98 Å². The molecule has 0 spiro atoms. The van der Waals surface area contributed by atoms with Gasteiger partial charge >= 0.3 is 0 Å². The third-order valence-electron chi connectivity index (χ3n) is 3.38. The van der Waals surface area contributed by atoms with Gasteiger partial charge in [0, 0.05) is 29.1 Å². The van der Waals surface area contributed by atoms with Crippen molar-refractivity contribution in [1.29, 1.82) is 0 Å². The molecule has 1 aromatic heterocycles. The minimum atomic E-state index is 0.437. The van der Waals surface area contributed by atoms with Crippen molar-refractivity contribution in [3.63, 3.8) is 0 Å². The molecule has 1 aliphatic rings. The number of hydrogen-bond donors (Lipinski definition) is 0. The lowest BCUT2D eigenvalue weighted by Crippen LogP contribution is -2.36. The Hall–Kier alpha value is -0.280. The van der Waals surface area contributed by atoms with Crippen molar-refractivity contribution in [2.45, 2.75) is 38.6 Å². The minimum Gasteiger partial charge on any atom is -0.352 e. The summed E-state index contributed by atoms with van der Waals surface area (Å²) in [4.78, 5) is 6.90. The quantitative estimate of drug-likeness (QED) is 0.762. The van der Waals surface area contributed by atoms with Crippen LogP contribution < -0.4 is 4.90 Å². The molecule has 94 valence electrons. The van der Waals surface area contributed by atoms with Crippen molar-refractivity contribution in [3.05, 3.63) is 22.3 Å². The first-order chi connectivity index (χ1) is 8.22. The molecule has 1 saturated heterocycles. The van der Waals surface area contributed by atoms with E-state index in [1.165, 1.54) is 31.2 Å². The zero-order valence-corrected chi connectivity index (χ0v) is 12.5. The average molecular weight is 318 g/mol. The van der Waals surface area contributed by atoms with E-state index in [-0.39, 0.29) is 0 Å². The second-order valence-corrected chi connectivity index (χ2v) is 5.81. The zero-order chi connectivity index (χ0) is 12.3. The van der Waals surface area contributed by atoms with Gasteiger partial charge in [0.25, 0.3) is 0 Å². The first kappa shape index (κ1) is 13.2. The van der Waals surface area contributed by atoms with E-state index in [4.69, 9.17) is 11.6 Å². The van der Waals surface area contributed by atoms with Crippen LogP contribution in [0.25, 0.3) is 0 Å². The predicted molar refractivity (Wildman–Crippen MR) is 77.0 cm³/mol. The lowest BCUT2D eigenvalue weighted by Gasteiger charge is -2.30. The Bertz CT molecular complexity index is 384. The lowest BCUT2D eigenvalue weighted by atomic mass is 10.1. The second-order valence-electron chi connectivity index (χ2n) is 4.64. The molecule has 1 unspecified atom stereocenters. The molecule has 0 bridgehead atoms. The van der Waals surface area contributed by atoms with Crippen molar-refractivity contribution in [2.75, 3.05) is 17.3 Å². The van der Waals surface area contributed by atoms with Crippen LogP contribution in [0, 0.1) is 6.92 Å². The lowest BCUT2D eigenvalue weighted by molar-refractivity contribution is 0.616. The Balaban J connectivity index is 2.25. The smallest absolute Gasteiger partial charge is 0.129 e. The Labute approximate surface area is 116 Å². The largest absolute Gasteiger partial charge is 0.352 e. The molecule has 0 aliphatic carbocycles.